The highest BCUT2D eigenvalue weighted by Gasteiger charge is 2.23. The SMILES string of the molecule is Cc1c(-n2nnnc2SCC(O)c2ccc(F)cc2Cl)c(=O)n(-c2ccccc2)n1C. The predicted molar refractivity (Wildman–Crippen MR) is 116 cm³/mol. The largest absolute Gasteiger partial charge is 0.387 e. The number of benzene rings is 2. The first-order valence-corrected chi connectivity index (χ1v) is 10.6. The van der Waals surface area contributed by atoms with Crippen LogP contribution in [-0.2, 0) is 7.05 Å². The Bertz CT molecular complexity index is 1290. The van der Waals surface area contributed by atoms with E-state index in [1.165, 1.54) is 21.5 Å². The third kappa shape index (κ3) is 4.01. The summed E-state index contributed by atoms with van der Waals surface area (Å²) in [7, 11) is 1.78. The van der Waals surface area contributed by atoms with Crippen LogP contribution in [0.4, 0.5) is 4.39 Å². The van der Waals surface area contributed by atoms with E-state index in [2.05, 4.69) is 15.5 Å². The quantitative estimate of drug-likeness (QED) is 0.445. The number of rotatable bonds is 6. The van der Waals surface area contributed by atoms with Crippen LogP contribution < -0.4 is 5.56 Å². The number of aliphatic hydroxyl groups is 1. The van der Waals surface area contributed by atoms with Crippen molar-refractivity contribution in [3.8, 4) is 11.4 Å². The van der Waals surface area contributed by atoms with E-state index in [4.69, 9.17) is 11.6 Å². The molecule has 0 amide bonds. The van der Waals surface area contributed by atoms with Gasteiger partial charge in [0.05, 0.1) is 17.5 Å². The summed E-state index contributed by atoms with van der Waals surface area (Å²) in [6, 6.07) is 13.1. The Morgan fingerprint density at radius 2 is 1.97 bits per heavy atom. The summed E-state index contributed by atoms with van der Waals surface area (Å²) >= 11 is 7.19. The van der Waals surface area contributed by atoms with Gasteiger partial charge in [0, 0.05) is 23.4 Å². The lowest BCUT2D eigenvalue weighted by Gasteiger charge is -2.12. The monoisotopic (exact) mass is 460 g/mol. The number of hydrogen-bond acceptors (Lipinski definition) is 6. The zero-order chi connectivity index (χ0) is 22.1. The van der Waals surface area contributed by atoms with Crippen molar-refractivity contribution in [2.24, 2.45) is 7.05 Å². The van der Waals surface area contributed by atoms with Crippen molar-refractivity contribution >= 4 is 23.4 Å². The van der Waals surface area contributed by atoms with E-state index in [1.807, 2.05) is 30.3 Å². The fourth-order valence-electron chi connectivity index (χ4n) is 3.22. The molecule has 2 aromatic heterocycles. The summed E-state index contributed by atoms with van der Waals surface area (Å²) in [6.07, 6.45) is -0.971. The molecule has 31 heavy (non-hydrogen) atoms. The van der Waals surface area contributed by atoms with Crippen LogP contribution in [0.25, 0.3) is 11.4 Å². The molecule has 0 fully saturated rings. The van der Waals surface area contributed by atoms with E-state index in [-0.39, 0.29) is 16.3 Å². The number of thioether (sulfide) groups is 1. The third-order valence-corrected chi connectivity index (χ3v) is 6.19. The number of nitrogens with zero attached hydrogens (tertiary/aromatic N) is 6. The van der Waals surface area contributed by atoms with Crippen LogP contribution in [-0.4, -0.2) is 40.4 Å². The lowest BCUT2D eigenvalue weighted by atomic mass is 10.1. The van der Waals surface area contributed by atoms with Gasteiger partial charge < -0.3 is 5.11 Å². The minimum atomic E-state index is -0.971. The molecule has 1 N–H and O–H groups in total. The fraction of sp³-hybridized carbons (Fsp3) is 0.200. The maximum Gasteiger partial charge on any atom is 0.297 e. The molecule has 0 aliphatic heterocycles. The summed E-state index contributed by atoms with van der Waals surface area (Å²) in [5.41, 5.74) is 1.82. The molecule has 2 heterocycles. The van der Waals surface area contributed by atoms with Gasteiger partial charge in [0.25, 0.3) is 5.56 Å². The normalized spacial score (nSPS) is 12.3. The molecule has 11 heteroatoms. The maximum atomic E-state index is 13.3. The second-order valence-corrected chi connectivity index (χ2v) is 8.17. The highest BCUT2D eigenvalue weighted by atomic mass is 35.5. The van der Waals surface area contributed by atoms with E-state index in [0.717, 1.165) is 17.8 Å². The van der Waals surface area contributed by atoms with Gasteiger partial charge in [-0.15, -0.1) is 5.10 Å². The molecule has 0 radical (unpaired) electrons. The summed E-state index contributed by atoms with van der Waals surface area (Å²) in [5, 5.41) is 22.6. The number of halogens is 2. The van der Waals surface area contributed by atoms with E-state index in [1.54, 1.807) is 18.7 Å². The van der Waals surface area contributed by atoms with Crippen LogP contribution >= 0.6 is 23.4 Å². The van der Waals surface area contributed by atoms with Gasteiger partial charge in [0.1, 0.15) is 5.82 Å². The van der Waals surface area contributed by atoms with Crippen molar-refractivity contribution in [3.05, 3.63) is 81.0 Å². The molecule has 0 spiro atoms. The molecule has 1 atom stereocenters. The lowest BCUT2D eigenvalue weighted by Crippen LogP contribution is -2.22. The molecule has 4 aromatic rings. The summed E-state index contributed by atoms with van der Waals surface area (Å²) < 4.78 is 17.9. The third-order valence-electron chi connectivity index (χ3n) is 4.87. The highest BCUT2D eigenvalue weighted by molar-refractivity contribution is 7.99. The molecule has 1 unspecified atom stereocenters. The smallest absolute Gasteiger partial charge is 0.297 e. The van der Waals surface area contributed by atoms with Crippen LogP contribution in [0.1, 0.15) is 17.4 Å². The Morgan fingerprint density at radius 3 is 2.68 bits per heavy atom. The van der Waals surface area contributed by atoms with Gasteiger partial charge in [-0.3, -0.25) is 9.48 Å². The average Bonchev–Trinajstić information content (AvgIpc) is 3.29. The first kappa shape index (κ1) is 21.3. The van der Waals surface area contributed by atoms with E-state index in [0.29, 0.717) is 27.8 Å². The fourth-order valence-corrected chi connectivity index (χ4v) is 4.35. The second-order valence-electron chi connectivity index (χ2n) is 6.78. The van der Waals surface area contributed by atoms with Gasteiger partial charge in [-0.1, -0.05) is 47.6 Å². The van der Waals surface area contributed by atoms with Gasteiger partial charge >= 0.3 is 0 Å². The molecular weight excluding hydrogens is 443 g/mol. The summed E-state index contributed by atoms with van der Waals surface area (Å²) in [5.74, 6) is -0.323. The Balaban J connectivity index is 1.64. The Labute approximate surface area is 185 Å². The summed E-state index contributed by atoms with van der Waals surface area (Å²) in [6.45, 7) is 1.80. The maximum absolute atomic E-state index is 13.3. The minimum absolute atomic E-state index is 0.136. The number of aliphatic hydroxyl groups excluding tert-OH is 1. The van der Waals surface area contributed by atoms with Gasteiger partial charge in [-0.2, -0.15) is 4.68 Å². The second kappa shape index (κ2) is 8.66. The minimum Gasteiger partial charge on any atom is -0.387 e. The zero-order valence-electron chi connectivity index (χ0n) is 16.6. The van der Waals surface area contributed by atoms with Crippen molar-refractivity contribution in [2.45, 2.75) is 18.2 Å². The van der Waals surface area contributed by atoms with Crippen molar-refractivity contribution < 1.29 is 9.50 Å². The van der Waals surface area contributed by atoms with Crippen molar-refractivity contribution in [2.75, 3.05) is 5.75 Å². The highest BCUT2D eigenvalue weighted by Crippen LogP contribution is 2.29. The molecule has 4 rings (SSSR count). The average molecular weight is 461 g/mol. The predicted octanol–water partition coefficient (Wildman–Crippen LogP) is 3.08. The van der Waals surface area contributed by atoms with E-state index in [9.17, 15) is 14.3 Å². The standard InChI is InChI=1S/C20H18ClFN6O2S/c1-12-18(19(30)28(26(12)2)14-6-4-3-5-7-14)27-20(23-24-25-27)31-11-17(29)15-9-8-13(22)10-16(15)21/h3-10,17,29H,11H2,1-2H3. The van der Waals surface area contributed by atoms with Gasteiger partial charge in [0.2, 0.25) is 5.16 Å². The molecule has 0 saturated carbocycles. The van der Waals surface area contributed by atoms with Crippen LogP contribution in [0.3, 0.4) is 0 Å². The number of aromatic nitrogens is 6. The van der Waals surface area contributed by atoms with Gasteiger partial charge in [0.15, 0.2) is 5.69 Å². The van der Waals surface area contributed by atoms with E-state index >= 15 is 0 Å². The van der Waals surface area contributed by atoms with Crippen LogP contribution in [0.2, 0.25) is 5.02 Å². The van der Waals surface area contributed by atoms with Gasteiger partial charge in [-0.25, -0.2) is 9.07 Å². The van der Waals surface area contributed by atoms with Crippen LogP contribution in [0.15, 0.2) is 58.5 Å². The molecular formula is C20H18ClFN6O2S. The molecule has 0 aliphatic rings. The van der Waals surface area contributed by atoms with Crippen LogP contribution in [0, 0.1) is 12.7 Å². The Hall–Kier alpha value is -2.95. The van der Waals surface area contributed by atoms with Crippen molar-refractivity contribution in [1.29, 1.82) is 0 Å². The molecule has 2 aromatic carbocycles. The van der Waals surface area contributed by atoms with Crippen molar-refractivity contribution in [3.63, 3.8) is 0 Å². The Kier molecular flexibility index (Phi) is 5.94. The molecule has 8 nitrogen and oxygen atoms in total. The Morgan fingerprint density at radius 1 is 1.23 bits per heavy atom. The number of para-hydroxylation sites is 1. The van der Waals surface area contributed by atoms with Crippen molar-refractivity contribution in [1.82, 2.24) is 29.6 Å². The van der Waals surface area contributed by atoms with E-state index < -0.39 is 11.9 Å². The molecule has 160 valence electrons. The van der Waals surface area contributed by atoms with Gasteiger partial charge in [-0.05, 0) is 41.6 Å². The zero-order valence-corrected chi connectivity index (χ0v) is 18.2. The number of hydrogen-bond donors (Lipinski definition) is 1. The summed E-state index contributed by atoms with van der Waals surface area (Å²) in [4.78, 5) is 13.2. The molecule has 0 bridgehead atoms. The first-order valence-electron chi connectivity index (χ1n) is 9.27. The molecule has 0 aliphatic carbocycles. The lowest BCUT2D eigenvalue weighted by molar-refractivity contribution is 0.204. The number of tetrazole rings is 1. The first-order chi connectivity index (χ1) is 14.9. The molecule has 0 saturated heterocycles. The topological polar surface area (TPSA) is 90.8 Å². The van der Waals surface area contributed by atoms with Crippen LogP contribution in [0.5, 0.6) is 0 Å².